The van der Waals surface area contributed by atoms with Crippen LogP contribution in [0, 0.1) is 6.92 Å². The molecule has 32 valence electrons. The van der Waals surface area contributed by atoms with Crippen LogP contribution in [-0.2, 0) is 0 Å². The molecule has 6 heavy (non-hydrogen) atoms. The highest BCUT2D eigenvalue weighted by atomic mass is 32.2. The third kappa shape index (κ3) is 0.758. The van der Waals surface area contributed by atoms with Gasteiger partial charge >= 0.3 is 0 Å². The van der Waals surface area contributed by atoms with Gasteiger partial charge in [0.2, 0.25) is 4.69 Å². The molecule has 0 aliphatic rings. The third-order valence-corrected chi connectivity index (χ3v) is 2.48. The average molecular weight is 117 g/mol. The average Bonchev–Trinajstić information content (AvgIpc) is 1.86. The summed E-state index contributed by atoms with van der Waals surface area (Å²) < 4.78 is 2.12. The van der Waals surface area contributed by atoms with Crippen molar-refractivity contribution >= 4 is 22.7 Å². The molecule has 2 heteroatoms. The summed E-state index contributed by atoms with van der Waals surface area (Å²) in [5.41, 5.74) is 0. The van der Waals surface area contributed by atoms with Crippen LogP contribution in [0.15, 0.2) is 10.1 Å². The molecule has 1 heterocycles. The summed E-state index contributed by atoms with van der Waals surface area (Å²) in [6.07, 6.45) is 0. The zero-order valence-electron chi connectivity index (χ0n) is 3.47. The van der Waals surface area contributed by atoms with Crippen molar-refractivity contribution < 1.29 is 0 Å². The number of rotatable bonds is 0. The summed E-state index contributed by atoms with van der Waals surface area (Å²) in [5, 5.41) is 2.14. The summed E-state index contributed by atoms with van der Waals surface area (Å²) in [6.45, 7) is 2.11. The largest absolute Gasteiger partial charge is 0.242 e. The van der Waals surface area contributed by atoms with Gasteiger partial charge in [0, 0.05) is 0 Å². The second kappa shape index (κ2) is 1.67. The highest BCUT2D eigenvalue weighted by molar-refractivity contribution is 7.26. The van der Waals surface area contributed by atoms with Crippen molar-refractivity contribution in [3.05, 3.63) is 15.0 Å². The van der Waals surface area contributed by atoms with Crippen LogP contribution in [0.2, 0.25) is 0 Å². The molecule has 0 saturated carbocycles. The molecule has 0 nitrogen and oxygen atoms in total. The first-order valence-corrected chi connectivity index (χ1v) is 3.52. The van der Waals surface area contributed by atoms with Gasteiger partial charge in [0.15, 0.2) is 0 Å². The Morgan fingerprint density at radius 1 is 1.83 bits per heavy atom. The molecule has 0 aliphatic carbocycles. The highest BCUT2D eigenvalue weighted by Crippen LogP contribution is 2.10. The smallest absolute Gasteiger partial charge is 0.00585 e. The molecule has 0 aromatic carbocycles. The van der Waals surface area contributed by atoms with Crippen LogP contribution in [0.4, 0.5) is 0 Å². The molecule has 0 amide bonds. The van der Waals surface area contributed by atoms with E-state index in [4.69, 9.17) is 0 Å². The molecule has 0 unspecified atom stereocenters. The fraction of sp³-hybridized carbons (Fsp3) is 0.250. The van der Waals surface area contributed by atoms with E-state index >= 15 is 0 Å². The standard InChI is InChI=1S/C4H5S2/c1-4-2-5-3-6-4/h2-3H,1H3/q+1. The van der Waals surface area contributed by atoms with Crippen molar-refractivity contribution in [3.63, 3.8) is 0 Å². The Labute approximate surface area is 45.1 Å². The third-order valence-electron chi connectivity index (χ3n) is 0.524. The van der Waals surface area contributed by atoms with E-state index in [1.54, 1.807) is 22.7 Å². The predicted octanol–water partition coefficient (Wildman–Crippen LogP) is 2.40. The maximum Gasteiger partial charge on any atom is 0.242 e. The molecule has 0 N–H and O–H groups in total. The second-order valence-corrected chi connectivity index (χ2v) is 3.24. The van der Waals surface area contributed by atoms with Gasteiger partial charge in [0.05, 0.1) is 22.7 Å². The van der Waals surface area contributed by atoms with E-state index in [-0.39, 0.29) is 0 Å². The van der Waals surface area contributed by atoms with Crippen molar-refractivity contribution in [1.29, 1.82) is 0 Å². The fourth-order valence-corrected chi connectivity index (χ4v) is 1.89. The Morgan fingerprint density at radius 2 is 2.67 bits per heavy atom. The summed E-state index contributed by atoms with van der Waals surface area (Å²) in [4.78, 5) is 1.40. The molecule has 1 rings (SSSR count). The molecular formula is C4H5S2+. The topological polar surface area (TPSA) is 0 Å². The number of hydrogen-bond acceptors (Lipinski definition) is 1. The molecule has 0 saturated heterocycles. The first-order chi connectivity index (χ1) is 2.89. The van der Waals surface area contributed by atoms with Gasteiger partial charge in [-0.3, -0.25) is 0 Å². The maximum atomic E-state index is 2.14. The van der Waals surface area contributed by atoms with Crippen LogP contribution in [0.5, 0.6) is 0 Å². The van der Waals surface area contributed by atoms with E-state index in [9.17, 15) is 0 Å². The van der Waals surface area contributed by atoms with Gasteiger partial charge in [0.1, 0.15) is 10.3 Å². The first kappa shape index (κ1) is 4.22. The highest BCUT2D eigenvalue weighted by Gasteiger charge is 1.90. The molecular weight excluding hydrogens is 112 g/mol. The Bertz CT molecular complexity index is 109. The van der Waals surface area contributed by atoms with Crippen molar-refractivity contribution in [3.8, 4) is 0 Å². The van der Waals surface area contributed by atoms with E-state index in [0.29, 0.717) is 0 Å². The molecule has 1 aromatic rings. The lowest BCUT2D eigenvalue weighted by Crippen LogP contribution is -1.41. The van der Waals surface area contributed by atoms with Crippen LogP contribution in [0.25, 0.3) is 0 Å². The van der Waals surface area contributed by atoms with Gasteiger partial charge in [-0.05, 0) is 6.92 Å². The normalized spacial score (nSPS) is 8.83. The quantitative estimate of drug-likeness (QED) is 0.458. The summed E-state index contributed by atoms with van der Waals surface area (Å²) in [7, 11) is 0. The van der Waals surface area contributed by atoms with Gasteiger partial charge in [-0.25, -0.2) is 0 Å². The summed E-state index contributed by atoms with van der Waals surface area (Å²) >= 11 is 3.55. The second-order valence-electron chi connectivity index (χ2n) is 1.08. The maximum absolute atomic E-state index is 2.14. The molecule has 1 aromatic heterocycles. The van der Waals surface area contributed by atoms with E-state index < -0.39 is 0 Å². The van der Waals surface area contributed by atoms with E-state index in [0.717, 1.165) is 0 Å². The Balaban J connectivity index is 3.05. The van der Waals surface area contributed by atoms with E-state index in [1.165, 1.54) is 4.88 Å². The van der Waals surface area contributed by atoms with Crippen molar-refractivity contribution in [2.24, 2.45) is 0 Å². The lowest BCUT2D eigenvalue weighted by Gasteiger charge is -1.51. The molecule has 0 fully saturated rings. The van der Waals surface area contributed by atoms with Crippen molar-refractivity contribution in [2.75, 3.05) is 0 Å². The molecule has 0 atom stereocenters. The molecule has 0 spiro atoms. The van der Waals surface area contributed by atoms with E-state index in [1.807, 2.05) is 0 Å². The van der Waals surface area contributed by atoms with Gasteiger partial charge in [-0.15, -0.1) is 0 Å². The van der Waals surface area contributed by atoms with Crippen molar-refractivity contribution in [1.82, 2.24) is 0 Å². The lowest BCUT2D eigenvalue weighted by molar-refractivity contribution is 1.68. The first-order valence-electron chi connectivity index (χ1n) is 1.70. The predicted molar refractivity (Wildman–Crippen MR) is 31.3 cm³/mol. The Morgan fingerprint density at radius 3 is 2.83 bits per heavy atom. The monoisotopic (exact) mass is 117 g/mol. The van der Waals surface area contributed by atoms with Gasteiger partial charge < -0.3 is 0 Å². The minimum atomic E-state index is 1.40. The molecule has 0 aliphatic heterocycles. The van der Waals surface area contributed by atoms with Crippen LogP contribution in [0.3, 0.4) is 0 Å². The number of hydrogen-bond donors (Lipinski definition) is 0. The van der Waals surface area contributed by atoms with E-state index in [2.05, 4.69) is 17.0 Å². The molecule has 0 radical (unpaired) electrons. The minimum absolute atomic E-state index is 1.40. The van der Waals surface area contributed by atoms with Gasteiger partial charge in [-0.1, -0.05) is 0 Å². The van der Waals surface area contributed by atoms with Crippen LogP contribution in [-0.4, -0.2) is 0 Å². The lowest BCUT2D eigenvalue weighted by atomic mass is 10.7. The van der Waals surface area contributed by atoms with Crippen LogP contribution >= 0.6 is 22.7 Å². The Kier molecular flexibility index (Phi) is 1.17. The minimum Gasteiger partial charge on any atom is -0.00585 e. The Hall–Kier alpha value is 0.0500. The summed E-state index contributed by atoms with van der Waals surface area (Å²) in [6, 6.07) is 0. The van der Waals surface area contributed by atoms with Crippen molar-refractivity contribution in [2.45, 2.75) is 6.92 Å². The van der Waals surface area contributed by atoms with Gasteiger partial charge in [-0.2, -0.15) is 0 Å². The van der Waals surface area contributed by atoms with Crippen LogP contribution in [0.1, 0.15) is 4.88 Å². The zero-order valence-corrected chi connectivity index (χ0v) is 5.10. The zero-order chi connectivity index (χ0) is 4.41. The summed E-state index contributed by atoms with van der Waals surface area (Å²) in [5.74, 6) is 0. The molecule has 0 bridgehead atoms. The van der Waals surface area contributed by atoms with Crippen LogP contribution < -0.4 is 0 Å². The SMILES string of the molecule is Cc1c[s+]cs1. The van der Waals surface area contributed by atoms with Gasteiger partial charge in [0.25, 0.3) is 0 Å². The number of aryl methyl sites for hydroxylation is 1. The fourth-order valence-electron chi connectivity index (χ4n) is 0.255.